The van der Waals surface area contributed by atoms with Crippen molar-refractivity contribution in [1.29, 1.82) is 0 Å². The molecule has 0 fully saturated rings. The summed E-state index contributed by atoms with van der Waals surface area (Å²) in [4.78, 5) is 0. The molecule has 0 bridgehead atoms. The summed E-state index contributed by atoms with van der Waals surface area (Å²) in [5.41, 5.74) is 7.73. The predicted octanol–water partition coefficient (Wildman–Crippen LogP) is 2.07. The summed E-state index contributed by atoms with van der Waals surface area (Å²) < 4.78 is 1.91. The van der Waals surface area contributed by atoms with E-state index in [1.807, 2.05) is 35.1 Å². The summed E-state index contributed by atoms with van der Waals surface area (Å²) in [5, 5.41) is 4.49. The van der Waals surface area contributed by atoms with Crippen LogP contribution in [0.4, 0.5) is 0 Å². The van der Waals surface area contributed by atoms with Gasteiger partial charge in [-0.05, 0) is 13.0 Å². The minimum absolute atomic E-state index is 0.252. The van der Waals surface area contributed by atoms with E-state index in [1.54, 1.807) is 0 Å². The fourth-order valence-corrected chi connectivity index (χ4v) is 1.45. The molecule has 1 unspecified atom stereocenters. The Labute approximate surface area is 89.5 Å². The van der Waals surface area contributed by atoms with Gasteiger partial charge in [0.05, 0.1) is 11.7 Å². The number of hydrogen-bond donors (Lipinski definition) is 1. The molecule has 0 saturated heterocycles. The number of nitrogens with zero attached hydrogens (tertiary/aromatic N) is 2. The van der Waals surface area contributed by atoms with Crippen molar-refractivity contribution in [3.8, 4) is 11.3 Å². The molecule has 1 aromatic heterocycles. The number of hydrogen-bond acceptors (Lipinski definition) is 2. The number of nitrogens with two attached hydrogens (primary N) is 1. The molecule has 0 spiro atoms. The topological polar surface area (TPSA) is 43.8 Å². The smallest absolute Gasteiger partial charge is 0.0923 e. The maximum absolute atomic E-state index is 5.59. The minimum Gasteiger partial charge on any atom is -0.328 e. The first-order valence-electron chi connectivity index (χ1n) is 5.12. The average Bonchev–Trinajstić information content (AvgIpc) is 2.78. The van der Waals surface area contributed by atoms with Gasteiger partial charge in [-0.3, -0.25) is 4.68 Å². The molecule has 0 amide bonds. The molecule has 2 N–H and O–H groups in total. The number of aromatic nitrogens is 2. The van der Waals surface area contributed by atoms with Crippen molar-refractivity contribution in [1.82, 2.24) is 9.78 Å². The van der Waals surface area contributed by atoms with Gasteiger partial charge >= 0.3 is 0 Å². The standard InChI is InChI=1S/C12H15N3/c1-10(9-13)15-8-7-12(14-15)11-5-3-2-4-6-11/h2-8,10H,9,13H2,1H3. The van der Waals surface area contributed by atoms with Crippen LogP contribution in [0.1, 0.15) is 13.0 Å². The van der Waals surface area contributed by atoms with Crippen LogP contribution < -0.4 is 5.73 Å². The summed E-state index contributed by atoms with van der Waals surface area (Å²) in [6.07, 6.45) is 1.97. The lowest BCUT2D eigenvalue weighted by molar-refractivity contribution is 0.502. The molecule has 3 nitrogen and oxygen atoms in total. The van der Waals surface area contributed by atoms with E-state index < -0.39 is 0 Å². The Morgan fingerprint density at radius 1 is 1.27 bits per heavy atom. The number of benzene rings is 1. The summed E-state index contributed by atoms with van der Waals surface area (Å²) >= 11 is 0. The van der Waals surface area contributed by atoms with Gasteiger partial charge in [0.15, 0.2) is 0 Å². The number of rotatable bonds is 3. The molecule has 0 aliphatic heterocycles. The molecule has 2 rings (SSSR count). The second-order valence-corrected chi connectivity index (χ2v) is 3.63. The van der Waals surface area contributed by atoms with Gasteiger partial charge in [-0.1, -0.05) is 30.3 Å². The highest BCUT2D eigenvalue weighted by Crippen LogP contribution is 2.17. The molecular weight excluding hydrogens is 186 g/mol. The maximum Gasteiger partial charge on any atom is 0.0923 e. The molecular formula is C12H15N3. The fourth-order valence-electron chi connectivity index (χ4n) is 1.45. The first-order valence-corrected chi connectivity index (χ1v) is 5.12. The average molecular weight is 201 g/mol. The van der Waals surface area contributed by atoms with Gasteiger partial charge in [0, 0.05) is 18.3 Å². The van der Waals surface area contributed by atoms with Crippen LogP contribution in [0.5, 0.6) is 0 Å². The first-order chi connectivity index (χ1) is 7.31. The van der Waals surface area contributed by atoms with E-state index in [0.717, 1.165) is 11.3 Å². The minimum atomic E-state index is 0.252. The van der Waals surface area contributed by atoms with Gasteiger partial charge in [0.25, 0.3) is 0 Å². The highest BCUT2D eigenvalue weighted by atomic mass is 15.3. The molecule has 0 aliphatic carbocycles. The van der Waals surface area contributed by atoms with Crippen molar-refractivity contribution < 1.29 is 0 Å². The highest BCUT2D eigenvalue weighted by Gasteiger charge is 2.05. The molecule has 0 radical (unpaired) electrons. The van der Waals surface area contributed by atoms with E-state index in [-0.39, 0.29) is 6.04 Å². The highest BCUT2D eigenvalue weighted by molar-refractivity contribution is 5.57. The Bertz CT molecular complexity index is 419. The normalized spacial score (nSPS) is 12.7. The third-order valence-corrected chi connectivity index (χ3v) is 2.47. The second-order valence-electron chi connectivity index (χ2n) is 3.63. The summed E-state index contributed by atoms with van der Waals surface area (Å²) in [5.74, 6) is 0. The second kappa shape index (κ2) is 4.28. The molecule has 0 saturated carbocycles. The zero-order valence-electron chi connectivity index (χ0n) is 8.80. The van der Waals surface area contributed by atoms with Crippen LogP contribution in [0.25, 0.3) is 11.3 Å². The molecule has 1 atom stereocenters. The van der Waals surface area contributed by atoms with Gasteiger partial charge in [0.1, 0.15) is 0 Å². The Hall–Kier alpha value is -1.61. The van der Waals surface area contributed by atoms with Gasteiger partial charge in [0.2, 0.25) is 0 Å². The van der Waals surface area contributed by atoms with Crippen molar-refractivity contribution in [3.05, 3.63) is 42.6 Å². The molecule has 2 aromatic rings. The van der Waals surface area contributed by atoms with Gasteiger partial charge < -0.3 is 5.73 Å². The van der Waals surface area contributed by atoms with E-state index in [2.05, 4.69) is 24.2 Å². The lowest BCUT2D eigenvalue weighted by Gasteiger charge is -2.07. The van der Waals surface area contributed by atoms with Crippen molar-refractivity contribution in [3.63, 3.8) is 0 Å². The van der Waals surface area contributed by atoms with Crippen LogP contribution in [-0.2, 0) is 0 Å². The summed E-state index contributed by atoms with van der Waals surface area (Å²) in [7, 11) is 0. The monoisotopic (exact) mass is 201 g/mol. The fraction of sp³-hybridized carbons (Fsp3) is 0.250. The van der Waals surface area contributed by atoms with Gasteiger partial charge in [-0.15, -0.1) is 0 Å². The Morgan fingerprint density at radius 2 is 2.00 bits per heavy atom. The quantitative estimate of drug-likeness (QED) is 0.826. The van der Waals surface area contributed by atoms with E-state index in [1.165, 1.54) is 0 Å². The molecule has 1 aromatic carbocycles. The molecule has 15 heavy (non-hydrogen) atoms. The SMILES string of the molecule is CC(CN)n1ccc(-c2ccccc2)n1. The van der Waals surface area contributed by atoms with Crippen LogP contribution in [0.3, 0.4) is 0 Å². The molecule has 1 heterocycles. The van der Waals surface area contributed by atoms with Crippen LogP contribution in [-0.4, -0.2) is 16.3 Å². The van der Waals surface area contributed by atoms with Crippen LogP contribution in [0.2, 0.25) is 0 Å². The van der Waals surface area contributed by atoms with Gasteiger partial charge in [-0.25, -0.2) is 0 Å². The third-order valence-electron chi connectivity index (χ3n) is 2.47. The zero-order chi connectivity index (χ0) is 10.7. The van der Waals surface area contributed by atoms with E-state index in [4.69, 9.17) is 5.73 Å². The van der Waals surface area contributed by atoms with Crippen molar-refractivity contribution >= 4 is 0 Å². The maximum atomic E-state index is 5.59. The summed E-state index contributed by atoms with van der Waals surface area (Å²) in [6.45, 7) is 2.66. The molecule has 3 heteroatoms. The third kappa shape index (κ3) is 2.07. The van der Waals surface area contributed by atoms with Crippen molar-refractivity contribution in [2.45, 2.75) is 13.0 Å². The molecule has 78 valence electrons. The van der Waals surface area contributed by atoms with Gasteiger partial charge in [-0.2, -0.15) is 5.10 Å². The molecule has 0 aliphatic rings. The Balaban J connectivity index is 2.28. The predicted molar refractivity (Wildman–Crippen MR) is 61.4 cm³/mol. The lowest BCUT2D eigenvalue weighted by Crippen LogP contribution is -2.16. The van der Waals surface area contributed by atoms with Crippen molar-refractivity contribution in [2.24, 2.45) is 5.73 Å². The van der Waals surface area contributed by atoms with Crippen LogP contribution in [0.15, 0.2) is 42.6 Å². The Morgan fingerprint density at radius 3 is 2.67 bits per heavy atom. The zero-order valence-corrected chi connectivity index (χ0v) is 8.80. The first kappa shape index (κ1) is 9.93. The van der Waals surface area contributed by atoms with Crippen molar-refractivity contribution in [2.75, 3.05) is 6.54 Å². The van der Waals surface area contributed by atoms with Crippen LogP contribution in [0, 0.1) is 0 Å². The summed E-state index contributed by atoms with van der Waals surface area (Å²) in [6, 6.07) is 12.4. The Kier molecular flexibility index (Phi) is 2.83. The largest absolute Gasteiger partial charge is 0.328 e. The van der Waals surface area contributed by atoms with E-state index in [9.17, 15) is 0 Å². The van der Waals surface area contributed by atoms with E-state index >= 15 is 0 Å². The lowest BCUT2D eigenvalue weighted by atomic mass is 10.2. The van der Waals surface area contributed by atoms with Crippen LogP contribution >= 0.6 is 0 Å². The van der Waals surface area contributed by atoms with E-state index in [0.29, 0.717) is 6.54 Å².